The second-order valence-corrected chi connectivity index (χ2v) is 5.07. The average molecular weight is 214 g/mol. The molecule has 0 fully saturated rings. The molecular formula is C10H18N2OS. The molecule has 1 rings (SSSR count). The SMILES string of the molecule is CCONCc1nc(C(C)(C)C)cs1. The van der Waals surface area contributed by atoms with Crippen molar-refractivity contribution in [3.8, 4) is 0 Å². The van der Waals surface area contributed by atoms with E-state index in [1.807, 2.05) is 6.92 Å². The minimum atomic E-state index is 0.139. The summed E-state index contributed by atoms with van der Waals surface area (Å²) in [5, 5.41) is 3.19. The second kappa shape index (κ2) is 4.87. The number of hydrogen-bond acceptors (Lipinski definition) is 4. The third-order valence-electron chi connectivity index (χ3n) is 1.79. The fourth-order valence-corrected chi connectivity index (χ4v) is 1.90. The zero-order valence-corrected chi connectivity index (χ0v) is 10.1. The van der Waals surface area contributed by atoms with Gasteiger partial charge < -0.3 is 4.84 Å². The first kappa shape index (κ1) is 11.6. The smallest absolute Gasteiger partial charge is 0.109 e. The van der Waals surface area contributed by atoms with Crippen LogP contribution in [-0.2, 0) is 16.8 Å². The Hall–Kier alpha value is -0.450. The fourth-order valence-electron chi connectivity index (χ4n) is 0.951. The third-order valence-corrected chi connectivity index (χ3v) is 2.64. The molecule has 1 aromatic heterocycles. The fraction of sp³-hybridized carbons (Fsp3) is 0.700. The van der Waals surface area contributed by atoms with Gasteiger partial charge in [0.15, 0.2) is 0 Å². The van der Waals surface area contributed by atoms with Crippen molar-refractivity contribution in [3.05, 3.63) is 16.1 Å². The molecule has 0 saturated carbocycles. The monoisotopic (exact) mass is 214 g/mol. The molecule has 4 heteroatoms. The van der Waals surface area contributed by atoms with Crippen LogP contribution in [0.5, 0.6) is 0 Å². The van der Waals surface area contributed by atoms with Crippen LogP contribution in [0, 0.1) is 0 Å². The Morgan fingerprint density at radius 1 is 1.50 bits per heavy atom. The maximum Gasteiger partial charge on any atom is 0.109 e. The molecule has 0 saturated heterocycles. The summed E-state index contributed by atoms with van der Waals surface area (Å²) in [4.78, 5) is 9.58. The van der Waals surface area contributed by atoms with Gasteiger partial charge in [0.1, 0.15) is 5.01 Å². The molecule has 0 spiro atoms. The molecular weight excluding hydrogens is 196 g/mol. The summed E-state index contributed by atoms with van der Waals surface area (Å²) in [6.07, 6.45) is 0. The van der Waals surface area contributed by atoms with Gasteiger partial charge in [-0.3, -0.25) is 0 Å². The van der Waals surface area contributed by atoms with Crippen LogP contribution in [-0.4, -0.2) is 11.6 Å². The van der Waals surface area contributed by atoms with E-state index in [0.29, 0.717) is 13.2 Å². The van der Waals surface area contributed by atoms with Gasteiger partial charge >= 0.3 is 0 Å². The molecule has 0 bridgehead atoms. The normalized spacial score (nSPS) is 12.0. The zero-order valence-electron chi connectivity index (χ0n) is 9.26. The van der Waals surface area contributed by atoms with Crippen LogP contribution in [0.1, 0.15) is 38.4 Å². The van der Waals surface area contributed by atoms with Crippen molar-refractivity contribution < 1.29 is 4.84 Å². The molecule has 3 nitrogen and oxygen atoms in total. The Bertz CT molecular complexity index is 278. The van der Waals surface area contributed by atoms with E-state index in [0.717, 1.165) is 10.7 Å². The molecule has 80 valence electrons. The molecule has 0 aliphatic carbocycles. The first-order valence-electron chi connectivity index (χ1n) is 4.83. The van der Waals surface area contributed by atoms with Crippen LogP contribution in [0.2, 0.25) is 0 Å². The van der Waals surface area contributed by atoms with Gasteiger partial charge in [0, 0.05) is 10.8 Å². The number of thiazole rings is 1. The predicted octanol–water partition coefficient (Wildman–Crippen LogP) is 2.48. The van der Waals surface area contributed by atoms with Crippen molar-refractivity contribution in [3.63, 3.8) is 0 Å². The first-order valence-corrected chi connectivity index (χ1v) is 5.71. The van der Waals surface area contributed by atoms with Gasteiger partial charge in [0.05, 0.1) is 18.8 Å². The molecule has 1 heterocycles. The summed E-state index contributed by atoms with van der Waals surface area (Å²) < 4.78 is 0. The Kier molecular flexibility index (Phi) is 4.04. The number of hydroxylamine groups is 1. The lowest BCUT2D eigenvalue weighted by Gasteiger charge is -2.14. The summed E-state index contributed by atoms with van der Waals surface area (Å²) in [6, 6.07) is 0. The highest BCUT2D eigenvalue weighted by atomic mass is 32.1. The lowest BCUT2D eigenvalue weighted by molar-refractivity contribution is 0.0462. The van der Waals surface area contributed by atoms with Crippen LogP contribution in [0.3, 0.4) is 0 Å². The van der Waals surface area contributed by atoms with Gasteiger partial charge in [-0.05, 0) is 6.92 Å². The Balaban J connectivity index is 2.51. The summed E-state index contributed by atoms with van der Waals surface area (Å²) in [7, 11) is 0. The molecule has 1 aromatic rings. The van der Waals surface area contributed by atoms with Crippen LogP contribution < -0.4 is 5.48 Å². The third kappa shape index (κ3) is 3.36. The van der Waals surface area contributed by atoms with Crippen LogP contribution in [0.25, 0.3) is 0 Å². The molecule has 0 aliphatic heterocycles. The van der Waals surface area contributed by atoms with E-state index in [1.54, 1.807) is 11.3 Å². The maximum atomic E-state index is 5.05. The van der Waals surface area contributed by atoms with Gasteiger partial charge in [0.25, 0.3) is 0 Å². The van der Waals surface area contributed by atoms with Crippen molar-refractivity contribution in [2.45, 2.75) is 39.7 Å². The summed E-state index contributed by atoms with van der Waals surface area (Å²) in [5.41, 5.74) is 4.15. The molecule has 1 N–H and O–H groups in total. The summed E-state index contributed by atoms with van der Waals surface area (Å²) >= 11 is 1.67. The summed E-state index contributed by atoms with van der Waals surface area (Å²) in [6.45, 7) is 9.83. The van der Waals surface area contributed by atoms with E-state index in [2.05, 4.69) is 36.6 Å². The molecule has 0 atom stereocenters. The Morgan fingerprint density at radius 3 is 2.71 bits per heavy atom. The molecule has 0 aromatic carbocycles. The number of nitrogens with one attached hydrogen (secondary N) is 1. The standard InChI is InChI=1S/C10H18N2OS/c1-5-13-11-6-9-12-8(7-14-9)10(2,3)4/h7,11H,5-6H2,1-4H3. The van der Waals surface area contributed by atoms with Gasteiger partial charge in [-0.25, -0.2) is 4.98 Å². The lowest BCUT2D eigenvalue weighted by atomic mass is 9.93. The van der Waals surface area contributed by atoms with Crippen molar-refractivity contribution >= 4 is 11.3 Å². The zero-order chi connectivity index (χ0) is 10.6. The minimum Gasteiger partial charge on any atom is -0.302 e. The van der Waals surface area contributed by atoms with Crippen LogP contribution in [0.15, 0.2) is 5.38 Å². The molecule has 14 heavy (non-hydrogen) atoms. The highest BCUT2D eigenvalue weighted by molar-refractivity contribution is 7.09. The van der Waals surface area contributed by atoms with Crippen LogP contribution >= 0.6 is 11.3 Å². The first-order chi connectivity index (χ1) is 6.54. The van der Waals surface area contributed by atoms with Crippen molar-refractivity contribution in [1.82, 2.24) is 10.5 Å². The number of aromatic nitrogens is 1. The van der Waals surface area contributed by atoms with E-state index in [9.17, 15) is 0 Å². The predicted molar refractivity (Wildman–Crippen MR) is 59.3 cm³/mol. The highest BCUT2D eigenvalue weighted by Gasteiger charge is 2.16. The minimum absolute atomic E-state index is 0.139. The van der Waals surface area contributed by atoms with E-state index in [1.165, 1.54) is 0 Å². The number of nitrogens with zero attached hydrogens (tertiary/aromatic N) is 1. The van der Waals surface area contributed by atoms with Crippen molar-refractivity contribution in [2.75, 3.05) is 6.61 Å². The molecule has 0 aliphatic rings. The molecule has 0 radical (unpaired) electrons. The number of rotatable bonds is 4. The van der Waals surface area contributed by atoms with Crippen molar-refractivity contribution in [1.29, 1.82) is 0 Å². The maximum absolute atomic E-state index is 5.05. The van der Waals surface area contributed by atoms with E-state index >= 15 is 0 Å². The van der Waals surface area contributed by atoms with Crippen LogP contribution in [0.4, 0.5) is 0 Å². The summed E-state index contributed by atoms with van der Waals surface area (Å²) in [5.74, 6) is 0. The highest BCUT2D eigenvalue weighted by Crippen LogP contribution is 2.23. The van der Waals surface area contributed by atoms with Gasteiger partial charge in [0.2, 0.25) is 0 Å². The second-order valence-electron chi connectivity index (χ2n) is 4.13. The number of hydrogen-bond donors (Lipinski definition) is 1. The average Bonchev–Trinajstić information content (AvgIpc) is 2.52. The van der Waals surface area contributed by atoms with E-state index in [4.69, 9.17) is 4.84 Å². The van der Waals surface area contributed by atoms with Gasteiger partial charge in [-0.15, -0.1) is 11.3 Å². The van der Waals surface area contributed by atoms with Gasteiger partial charge in [-0.1, -0.05) is 20.8 Å². The quantitative estimate of drug-likeness (QED) is 0.617. The van der Waals surface area contributed by atoms with Crippen molar-refractivity contribution in [2.24, 2.45) is 0 Å². The van der Waals surface area contributed by atoms with E-state index < -0.39 is 0 Å². The topological polar surface area (TPSA) is 34.1 Å². The molecule has 0 amide bonds. The lowest BCUT2D eigenvalue weighted by Crippen LogP contribution is -2.15. The largest absolute Gasteiger partial charge is 0.302 e. The Labute approximate surface area is 89.5 Å². The van der Waals surface area contributed by atoms with Gasteiger partial charge in [-0.2, -0.15) is 5.48 Å². The molecule has 0 unspecified atom stereocenters. The van der Waals surface area contributed by atoms with E-state index in [-0.39, 0.29) is 5.41 Å². The Morgan fingerprint density at radius 2 is 2.21 bits per heavy atom.